The molecule has 5 heteroatoms. The fourth-order valence-corrected chi connectivity index (χ4v) is 2.86. The van der Waals surface area contributed by atoms with Crippen LogP contribution in [0.5, 0.6) is 5.75 Å². The number of Topliss-reactive ketones (excluding diaryl/α,β-unsaturated/α-hetero) is 1. The average molecular weight is 331 g/mol. The van der Waals surface area contributed by atoms with E-state index in [0.717, 1.165) is 30.5 Å². The van der Waals surface area contributed by atoms with Gasteiger partial charge in [-0.25, -0.2) is 4.79 Å². The Morgan fingerprint density at radius 1 is 1.33 bits per heavy atom. The zero-order valence-electron chi connectivity index (χ0n) is 14.6. The molecule has 1 aromatic rings. The van der Waals surface area contributed by atoms with Crippen molar-refractivity contribution in [2.45, 2.75) is 19.8 Å². The summed E-state index contributed by atoms with van der Waals surface area (Å²) < 4.78 is 10.4. The number of para-hydroxylation sites is 1. The summed E-state index contributed by atoms with van der Waals surface area (Å²) >= 11 is 0. The summed E-state index contributed by atoms with van der Waals surface area (Å²) in [6.07, 6.45) is 3.55. The quantitative estimate of drug-likeness (QED) is 0.568. The molecule has 1 saturated carbocycles. The molecule has 0 amide bonds. The fraction of sp³-hybridized carbons (Fsp3) is 0.474. The number of esters is 1. The third-order valence-corrected chi connectivity index (χ3v) is 3.93. The van der Waals surface area contributed by atoms with Crippen molar-refractivity contribution < 1.29 is 19.1 Å². The lowest BCUT2D eigenvalue weighted by molar-refractivity contribution is -0.145. The van der Waals surface area contributed by atoms with E-state index in [2.05, 4.69) is 0 Å². The molecule has 24 heavy (non-hydrogen) atoms. The molecule has 0 aromatic heterocycles. The van der Waals surface area contributed by atoms with Crippen LogP contribution in [0.25, 0.3) is 6.08 Å². The first-order chi connectivity index (χ1) is 11.5. The second kappa shape index (κ2) is 8.64. The van der Waals surface area contributed by atoms with E-state index in [4.69, 9.17) is 9.47 Å². The smallest absolute Gasteiger partial charge is 0.344 e. The van der Waals surface area contributed by atoms with Crippen LogP contribution in [0, 0.1) is 5.92 Å². The maximum atomic E-state index is 12.5. The molecule has 0 radical (unpaired) electrons. The molecular weight excluding hydrogens is 306 g/mol. The fourth-order valence-electron chi connectivity index (χ4n) is 2.86. The molecule has 0 saturated heterocycles. The number of carbonyl (C=O) groups excluding carboxylic acids is 2. The number of allylic oxidation sites excluding steroid dienone is 1. The number of rotatable bonds is 7. The average Bonchev–Trinajstić information content (AvgIpc) is 2.87. The summed E-state index contributed by atoms with van der Waals surface area (Å²) in [6.45, 7) is 2.73. The van der Waals surface area contributed by atoms with Gasteiger partial charge in [0.2, 0.25) is 0 Å². The monoisotopic (exact) mass is 331 g/mol. The Morgan fingerprint density at radius 2 is 2.08 bits per heavy atom. The van der Waals surface area contributed by atoms with Gasteiger partial charge in [0.1, 0.15) is 5.75 Å². The van der Waals surface area contributed by atoms with Gasteiger partial charge in [-0.15, -0.1) is 0 Å². The number of hydrogen-bond acceptors (Lipinski definition) is 5. The van der Waals surface area contributed by atoms with Crippen LogP contribution in [0.4, 0.5) is 0 Å². The van der Waals surface area contributed by atoms with Crippen molar-refractivity contribution in [3.05, 3.63) is 35.4 Å². The second-order valence-electron chi connectivity index (χ2n) is 6.16. The van der Waals surface area contributed by atoms with E-state index in [-0.39, 0.29) is 18.3 Å². The van der Waals surface area contributed by atoms with Crippen molar-refractivity contribution in [2.24, 2.45) is 5.92 Å². The van der Waals surface area contributed by atoms with Crippen LogP contribution in [-0.4, -0.2) is 50.5 Å². The molecule has 2 rings (SSSR count). The highest BCUT2D eigenvalue weighted by atomic mass is 16.6. The van der Waals surface area contributed by atoms with Gasteiger partial charge in [-0.2, -0.15) is 0 Å². The number of ketones is 1. The van der Waals surface area contributed by atoms with E-state index < -0.39 is 5.97 Å². The zero-order chi connectivity index (χ0) is 17.5. The van der Waals surface area contributed by atoms with E-state index in [0.29, 0.717) is 12.4 Å². The van der Waals surface area contributed by atoms with Gasteiger partial charge in [-0.05, 0) is 51.6 Å². The number of nitrogens with zero attached hydrogens (tertiary/aromatic N) is 1. The van der Waals surface area contributed by atoms with Crippen LogP contribution in [0.2, 0.25) is 0 Å². The largest absolute Gasteiger partial charge is 0.481 e. The third-order valence-electron chi connectivity index (χ3n) is 3.93. The van der Waals surface area contributed by atoms with Gasteiger partial charge < -0.3 is 14.4 Å². The summed E-state index contributed by atoms with van der Waals surface area (Å²) in [5.74, 6) is 0.465. The first-order valence-corrected chi connectivity index (χ1v) is 8.28. The maximum Gasteiger partial charge on any atom is 0.344 e. The van der Waals surface area contributed by atoms with Gasteiger partial charge in [0, 0.05) is 18.0 Å². The van der Waals surface area contributed by atoms with E-state index in [1.165, 1.54) is 0 Å². The first-order valence-electron chi connectivity index (χ1n) is 8.28. The summed E-state index contributed by atoms with van der Waals surface area (Å²) in [5.41, 5.74) is 1.64. The SMILES string of the molecule is CCOC(=O)COc1ccccc1/C=C1/CCC(CN(C)C)C1=O. The third kappa shape index (κ3) is 4.93. The minimum absolute atomic E-state index is 0.0684. The number of hydrogen-bond donors (Lipinski definition) is 0. The van der Waals surface area contributed by atoms with Crippen LogP contribution >= 0.6 is 0 Å². The lowest BCUT2D eigenvalue weighted by atomic mass is 10.0. The highest BCUT2D eigenvalue weighted by Crippen LogP contribution is 2.31. The van der Waals surface area contributed by atoms with Crippen LogP contribution in [0.3, 0.4) is 0 Å². The highest BCUT2D eigenvalue weighted by molar-refractivity contribution is 6.03. The van der Waals surface area contributed by atoms with E-state index in [1.807, 2.05) is 43.3 Å². The van der Waals surface area contributed by atoms with Crippen molar-refractivity contribution in [1.29, 1.82) is 0 Å². The Hall–Kier alpha value is -2.14. The predicted octanol–water partition coefficient (Wildman–Crippen LogP) is 2.55. The Balaban J connectivity index is 2.09. The molecule has 1 aromatic carbocycles. The highest BCUT2D eigenvalue weighted by Gasteiger charge is 2.29. The van der Waals surface area contributed by atoms with Gasteiger partial charge >= 0.3 is 5.97 Å². The molecule has 1 fully saturated rings. The summed E-state index contributed by atoms with van der Waals surface area (Å²) in [4.78, 5) is 26.0. The molecule has 5 nitrogen and oxygen atoms in total. The molecule has 130 valence electrons. The zero-order valence-corrected chi connectivity index (χ0v) is 14.6. The minimum Gasteiger partial charge on any atom is -0.481 e. The van der Waals surface area contributed by atoms with Crippen LogP contribution in [0.1, 0.15) is 25.3 Å². The number of carbonyl (C=O) groups is 2. The molecule has 1 unspecified atom stereocenters. The van der Waals surface area contributed by atoms with Gasteiger partial charge in [-0.1, -0.05) is 18.2 Å². The van der Waals surface area contributed by atoms with Gasteiger partial charge in [-0.3, -0.25) is 4.79 Å². The van der Waals surface area contributed by atoms with Crippen molar-refractivity contribution >= 4 is 17.8 Å². The summed E-state index contributed by atoms with van der Waals surface area (Å²) in [7, 11) is 3.96. The Labute approximate surface area is 143 Å². The summed E-state index contributed by atoms with van der Waals surface area (Å²) in [6, 6.07) is 7.41. The molecule has 1 atom stereocenters. The Kier molecular flexibility index (Phi) is 6.55. The molecule has 0 N–H and O–H groups in total. The lowest BCUT2D eigenvalue weighted by Crippen LogP contribution is -2.24. The van der Waals surface area contributed by atoms with Gasteiger partial charge in [0.15, 0.2) is 12.4 Å². The maximum absolute atomic E-state index is 12.5. The van der Waals surface area contributed by atoms with Crippen molar-refractivity contribution in [1.82, 2.24) is 4.90 Å². The van der Waals surface area contributed by atoms with Crippen molar-refractivity contribution in [3.8, 4) is 5.75 Å². The molecule has 1 aliphatic carbocycles. The van der Waals surface area contributed by atoms with Crippen molar-refractivity contribution in [3.63, 3.8) is 0 Å². The van der Waals surface area contributed by atoms with Crippen LogP contribution in [0.15, 0.2) is 29.8 Å². The Bertz CT molecular complexity index is 622. The molecular formula is C19H25NO4. The molecule has 0 spiro atoms. The number of benzene rings is 1. The van der Waals surface area contributed by atoms with Crippen LogP contribution in [-0.2, 0) is 14.3 Å². The van der Waals surface area contributed by atoms with Gasteiger partial charge in [0.25, 0.3) is 0 Å². The molecule has 1 aliphatic rings. The molecule has 0 aliphatic heterocycles. The second-order valence-corrected chi connectivity index (χ2v) is 6.16. The number of ether oxygens (including phenoxy) is 2. The van der Waals surface area contributed by atoms with E-state index in [1.54, 1.807) is 13.0 Å². The van der Waals surface area contributed by atoms with Gasteiger partial charge in [0.05, 0.1) is 6.61 Å². The molecule has 0 bridgehead atoms. The standard InChI is InChI=1S/C19H25NO4/c1-4-23-18(21)13-24-17-8-6-5-7-14(17)11-15-9-10-16(19(15)22)12-20(2)3/h5-8,11,16H,4,9-10,12-13H2,1-3H3/b15-11-. The Morgan fingerprint density at radius 3 is 2.79 bits per heavy atom. The topological polar surface area (TPSA) is 55.8 Å². The first kappa shape index (κ1) is 18.2. The predicted molar refractivity (Wildman–Crippen MR) is 92.8 cm³/mol. The minimum atomic E-state index is -0.400. The van der Waals surface area contributed by atoms with E-state index in [9.17, 15) is 9.59 Å². The normalized spacial score (nSPS) is 19.1. The lowest BCUT2D eigenvalue weighted by Gasteiger charge is -2.13. The van der Waals surface area contributed by atoms with Crippen molar-refractivity contribution in [2.75, 3.05) is 33.9 Å². The molecule has 0 heterocycles. The summed E-state index contributed by atoms with van der Waals surface area (Å²) in [5, 5.41) is 0. The van der Waals surface area contributed by atoms with Crippen LogP contribution < -0.4 is 4.74 Å². The van der Waals surface area contributed by atoms with E-state index >= 15 is 0 Å².